The molecule has 6 heteroatoms. The molecule has 3 rings (SSSR count). The van der Waals surface area contributed by atoms with Crippen molar-refractivity contribution < 1.29 is 9.53 Å². The molecule has 3 heterocycles. The Bertz CT molecular complexity index is 459. The molecule has 2 fully saturated rings. The molecule has 0 aliphatic carbocycles. The van der Waals surface area contributed by atoms with E-state index in [-0.39, 0.29) is 11.9 Å². The summed E-state index contributed by atoms with van der Waals surface area (Å²) in [5, 5.41) is 2.95. The van der Waals surface area contributed by atoms with Gasteiger partial charge in [-0.25, -0.2) is 4.98 Å². The maximum atomic E-state index is 12.9. The van der Waals surface area contributed by atoms with Gasteiger partial charge >= 0.3 is 0 Å². The molecule has 0 radical (unpaired) electrons. The number of amides is 1. The summed E-state index contributed by atoms with van der Waals surface area (Å²) in [6, 6.07) is -0.0292. The minimum Gasteiger partial charge on any atom is -0.381 e. The van der Waals surface area contributed by atoms with Crippen LogP contribution in [0.4, 0.5) is 5.13 Å². The van der Waals surface area contributed by atoms with Gasteiger partial charge in [0, 0.05) is 43.7 Å². The summed E-state index contributed by atoms with van der Waals surface area (Å²) in [6.45, 7) is 6.25. The van der Waals surface area contributed by atoms with Crippen molar-refractivity contribution in [3.63, 3.8) is 0 Å². The summed E-state index contributed by atoms with van der Waals surface area (Å²) in [7, 11) is 0. The van der Waals surface area contributed by atoms with Crippen molar-refractivity contribution in [3.8, 4) is 0 Å². The molecule has 1 amide bonds. The van der Waals surface area contributed by atoms with Crippen molar-refractivity contribution in [1.82, 2.24) is 9.88 Å². The van der Waals surface area contributed by atoms with E-state index in [2.05, 4.69) is 16.8 Å². The highest BCUT2D eigenvalue weighted by molar-refractivity contribution is 7.13. The second-order valence-electron chi connectivity index (χ2n) is 5.77. The van der Waals surface area contributed by atoms with Crippen LogP contribution in [0.5, 0.6) is 0 Å². The normalized spacial score (nSPS) is 25.5. The lowest BCUT2D eigenvalue weighted by atomic mass is 10.1. The van der Waals surface area contributed by atoms with E-state index in [4.69, 9.17) is 4.74 Å². The summed E-state index contributed by atoms with van der Waals surface area (Å²) in [5.41, 5.74) is 0. The molecule has 0 aromatic carbocycles. The predicted molar refractivity (Wildman–Crippen MR) is 83.7 cm³/mol. The number of carbonyl (C=O) groups is 1. The molecule has 1 aromatic rings. The average Bonchev–Trinajstić information content (AvgIpc) is 3.25. The maximum Gasteiger partial charge on any atom is 0.245 e. The second kappa shape index (κ2) is 6.75. The number of hydrogen-bond acceptors (Lipinski definition) is 5. The van der Waals surface area contributed by atoms with Crippen LogP contribution in [-0.4, -0.2) is 54.7 Å². The van der Waals surface area contributed by atoms with Crippen LogP contribution in [0, 0.1) is 5.92 Å². The van der Waals surface area contributed by atoms with Crippen LogP contribution < -0.4 is 4.90 Å². The van der Waals surface area contributed by atoms with Crippen LogP contribution >= 0.6 is 11.3 Å². The molecular weight excluding hydrogens is 286 g/mol. The number of aromatic nitrogens is 1. The third kappa shape index (κ3) is 3.21. The number of ether oxygens (including phenoxy) is 1. The van der Waals surface area contributed by atoms with E-state index in [0.29, 0.717) is 5.92 Å². The molecule has 0 saturated carbocycles. The van der Waals surface area contributed by atoms with Gasteiger partial charge in [0.15, 0.2) is 5.13 Å². The van der Waals surface area contributed by atoms with E-state index in [9.17, 15) is 4.79 Å². The lowest BCUT2D eigenvalue weighted by molar-refractivity contribution is -0.132. The van der Waals surface area contributed by atoms with E-state index in [1.54, 1.807) is 11.3 Å². The summed E-state index contributed by atoms with van der Waals surface area (Å²) in [6.07, 6.45) is 4.90. The smallest absolute Gasteiger partial charge is 0.245 e. The fourth-order valence-corrected chi connectivity index (χ4v) is 3.95. The topological polar surface area (TPSA) is 45.7 Å². The van der Waals surface area contributed by atoms with Gasteiger partial charge in [-0.05, 0) is 26.2 Å². The number of hydrogen-bond donors (Lipinski definition) is 0. The van der Waals surface area contributed by atoms with E-state index in [1.807, 2.05) is 16.5 Å². The zero-order chi connectivity index (χ0) is 14.7. The van der Waals surface area contributed by atoms with Gasteiger partial charge in [0.25, 0.3) is 0 Å². The molecule has 21 heavy (non-hydrogen) atoms. The third-order valence-electron chi connectivity index (χ3n) is 4.40. The molecule has 5 nitrogen and oxygen atoms in total. The van der Waals surface area contributed by atoms with Gasteiger partial charge in [-0.2, -0.15) is 0 Å². The monoisotopic (exact) mass is 309 g/mol. The highest BCUT2D eigenvalue weighted by atomic mass is 32.1. The number of likely N-dealkylation sites (N-methyl/N-ethyl adjacent to an activating group) is 1. The number of rotatable bonds is 5. The SMILES string of the molecule is CCN(C[C@H]1CCOC1)C(=O)[C@H]1CCCN1c1nccs1. The molecule has 2 saturated heterocycles. The molecule has 2 aliphatic rings. The zero-order valence-corrected chi connectivity index (χ0v) is 13.3. The highest BCUT2D eigenvalue weighted by Gasteiger charge is 2.35. The molecule has 0 spiro atoms. The lowest BCUT2D eigenvalue weighted by Gasteiger charge is -2.30. The number of anilines is 1. The summed E-state index contributed by atoms with van der Waals surface area (Å²) in [5.74, 6) is 0.765. The maximum absolute atomic E-state index is 12.9. The zero-order valence-electron chi connectivity index (χ0n) is 12.5. The fraction of sp³-hybridized carbons (Fsp3) is 0.733. The van der Waals surface area contributed by atoms with Gasteiger partial charge in [-0.3, -0.25) is 4.79 Å². The highest BCUT2D eigenvalue weighted by Crippen LogP contribution is 2.28. The largest absolute Gasteiger partial charge is 0.381 e. The van der Waals surface area contributed by atoms with Crippen molar-refractivity contribution in [2.45, 2.75) is 32.2 Å². The number of nitrogens with zero attached hydrogens (tertiary/aromatic N) is 3. The van der Waals surface area contributed by atoms with E-state index in [0.717, 1.165) is 57.2 Å². The van der Waals surface area contributed by atoms with Gasteiger partial charge in [-0.1, -0.05) is 0 Å². The van der Waals surface area contributed by atoms with Gasteiger partial charge < -0.3 is 14.5 Å². The Morgan fingerprint density at radius 2 is 2.48 bits per heavy atom. The van der Waals surface area contributed by atoms with Crippen LogP contribution in [0.25, 0.3) is 0 Å². The molecule has 0 unspecified atom stereocenters. The van der Waals surface area contributed by atoms with Crippen LogP contribution in [0.15, 0.2) is 11.6 Å². The quantitative estimate of drug-likeness (QED) is 0.834. The van der Waals surface area contributed by atoms with Crippen LogP contribution in [0.3, 0.4) is 0 Å². The average molecular weight is 309 g/mol. The molecule has 0 N–H and O–H groups in total. The van der Waals surface area contributed by atoms with Gasteiger partial charge in [0.2, 0.25) is 5.91 Å². The fourth-order valence-electron chi connectivity index (χ4n) is 3.23. The molecule has 2 atom stereocenters. The van der Waals surface area contributed by atoms with Gasteiger partial charge in [0.05, 0.1) is 6.61 Å². The predicted octanol–water partition coefficient (Wildman–Crippen LogP) is 2.00. The van der Waals surface area contributed by atoms with Gasteiger partial charge in [-0.15, -0.1) is 11.3 Å². The van der Waals surface area contributed by atoms with Crippen molar-refractivity contribution in [2.75, 3.05) is 37.7 Å². The molecule has 116 valence electrons. The summed E-state index contributed by atoms with van der Waals surface area (Å²) in [4.78, 5) is 21.5. The summed E-state index contributed by atoms with van der Waals surface area (Å²) < 4.78 is 5.43. The number of carbonyl (C=O) groups excluding carboxylic acids is 1. The van der Waals surface area contributed by atoms with Crippen molar-refractivity contribution >= 4 is 22.4 Å². The molecule has 0 bridgehead atoms. The third-order valence-corrected chi connectivity index (χ3v) is 5.21. The van der Waals surface area contributed by atoms with E-state index < -0.39 is 0 Å². The summed E-state index contributed by atoms with van der Waals surface area (Å²) >= 11 is 1.62. The first-order valence-electron chi connectivity index (χ1n) is 7.82. The molecular formula is C15H23N3O2S. The molecule has 2 aliphatic heterocycles. The lowest BCUT2D eigenvalue weighted by Crippen LogP contribution is -2.47. The first-order chi connectivity index (χ1) is 10.3. The van der Waals surface area contributed by atoms with E-state index >= 15 is 0 Å². The molecule has 1 aromatic heterocycles. The van der Waals surface area contributed by atoms with Crippen molar-refractivity contribution in [2.24, 2.45) is 5.92 Å². The van der Waals surface area contributed by atoms with Crippen LogP contribution in [0.2, 0.25) is 0 Å². The van der Waals surface area contributed by atoms with Crippen molar-refractivity contribution in [3.05, 3.63) is 11.6 Å². The Morgan fingerprint density at radius 1 is 1.57 bits per heavy atom. The Morgan fingerprint density at radius 3 is 3.14 bits per heavy atom. The minimum absolute atomic E-state index is 0.0292. The first-order valence-corrected chi connectivity index (χ1v) is 8.70. The van der Waals surface area contributed by atoms with Crippen LogP contribution in [0.1, 0.15) is 26.2 Å². The Balaban J connectivity index is 1.66. The Hall–Kier alpha value is -1.14. The van der Waals surface area contributed by atoms with E-state index in [1.165, 1.54) is 0 Å². The Labute approximate surface area is 129 Å². The first kappa shape index (κ1) is 14.8. The van der Waals surface area contributed by atoms with Gasteiger partial charge in [0.1, 0.15) is 6.04 Å². The Kier molecular flexibility index (Phi) is 4.75. The van der Waals surface area contributed by atoms with Crippen molar-refractivity contribution in [1.29, 1.82) is 0 Å². The second-order valence-corrected chi connectivity index (χ2v) is 6.65. The minimum atomic E-state index is -0.0292. The number of thiazole rings is 1. The van der Waals surface area contributed by atoms with Crippen LogP contribution in [-0.2, 0) is 9.53 Å². The standard InChI is InChI=1S/C15H23N3O2S/c1-2-17(10-12-5-8-20-11-12)14(19)13-4-3-7-18(13)15-16-6-9-21-15/h6,9,12-13H,2-5,7-8,10-11H2,1H3/t12-,13-/m1/s1.